The number of likely N-dealkylation sites (N-methyl/N-ethyl adjacent to an activating group) is 1. The summed E-state index contributed by atoms with van der Waals surface area (Å²) < 4.78 is 52.3. The van der Waals surface area contributed by atoms with Crippen molar-refractivity contribution >= 4 is 34.1 Å². The molecule has 1 amide bonds. The van der Waals surface area contributed by atoms with E-state index in [2.05, 4.69) is 27.8 Å². The van der Waals surface area contributed by atoms with Crippen LogP contribution in [0, 0.1) is 24.0 Å². The van der Waals surface area contributed by atoms with Crippen LogP contribution in [0.5, 0.6) is 6.01 Å². The monoisotopic (exact) mass is 663 g/mol. The molecule has 10 nitrogen and oxygen atoms in total. The van der Waals surface area contributed by atoms with Crippen LogP contribution in [0.15, 0.2) is 31.0 Å². The Kier molecular flexibility index (Phi) is 9.00. The minimum atomic E-state index is -1.31. The number of hydrogen-bond acceptors (Lipinski definition) is 9. The number of nitrogens with zero attached hydrogens (tertiary/aromatic N) is 6. The van der Waals surface area contributed by atoms with Gasteiger partial charge in [0.25, 0.3) is 0 Å². The number of carbonyl (C=O) groups is 1. The number of hydrogen-bond donors (Lipinski definition) is 2. The summed E-state index contributed by atoms with van der Waals surface area (Å²) in [5, 5.41) is 14.4. The SMILES string of the molecule is C#Cc1c(F)ccc2c1N(c1ncc3c(N4CCCCC(NC(=O)C=C)C4)nc(OC[C@]4(C)C[C@@H](F)CN4C)nc3c1F)C[C@](C)(O)C2. The molecule has 1 unspecified atom stereocenters. The summed E-state index contributed by atoms with van der Waals surface area (Å²) in [4.78, 5) is 31.1. The largest absolute Gasteiger partial charge is 0.461 e. The summed E-state index contributed by atoms with van der Waals surface area (Å²) in [6.45, 7) is 8.20. The molecule has 2 fully saturated rings. The normalized spacial score (nSPS) is 26.1. The first-order valence-corrected chi connectivity index (χ1v) is 16.1. The smallest absolute Gasteiger partial charge is 0.319 e. The highest BCUT2D eigenvalue weighted by Crippen LogP contribution is 2.42. The van der Waals surface area contributed by atoms with E-state index in [9.17, 15) is 18.7 Å². The van der Waals surface area contributed by atoms with Gasteiger partial charge in [-0.1, -0.05) is 18.6 Å². The lowest BCUT2D eigenvalue weighted by Gasteiger charge is -2.39. The Morgan fingerprint density at radius 3 is 2.75 bits per heavy atom. The first kappa shape index (κ1) is 33.5. The summed E-state index contributed by atoms with van der Waals surface area (Å²) in [6, 6.07) is 2.44. The number of pyridine rings is 1. The maximum absolute atomic E-state index is 16.9. The first-order chi connectivity index (χ1) is 22.8. The van der Waals surface area contributed by atoms with Crippen molar-refractivity contribution in [1.29, 1.82) is 0 Å². The molecule has 0 spiro atoms. The summed E-state index contributed by atoms with van der Waals surface area (Å²) in [7, 11) is 1.82. The van der Waals surface area contributed by atoms with Crippen molar-refractivity contribution in [2.75, 3.05) is 49.6 Å². The molecule has 0 aliphatic carbocycles. The second-order valence-electron chi connectivity index (χ2n) is 13.6. The molecule has 0 saturated carbocycles. The number of aromatic nitrogens is 3. The van der Waals surface area contributed by atoms with Crippen molar-refractivity contribution < 1.29 is 27.8 Å². The minimum absolute atomic E-state index is 0.0552. The van der Waals surface area contributed by atoms with Crippen molar-refractivity contribution in [3.8, 4) is 18.4 Å². The highest BCUT2D eigenvalue weighted by Gasteiger charge is 2.41. The number of rotatable bonds is 7. The van der Waals surface area contributed by atoms with Gasteiger partial charge in [-0.3, -0.25) is 9.69 Å². The molecule has 3 aromatic rings. The van der Waals surface area contributed by atoms with E-state index in [1.165, 1.54) is 29.3 Å². The fourth-order valence-electron chi connectivity index (χ4n) is 7.09. The molecule has 3 aliphatic rings. The highest BCUT2D eigenvalue weighted by atomic mass is 19.1. The maximum Gasteiger partial charge on any atom is 0.319 e. The van der Waals surface area contributed by atoms with Crippen LogP contribution in [-0.4, -0.2) is 94.1 Å². The third kappa shape index (κ3) is 6.39. The van der Waals surface area contributed by atoms with Crippen molar-refractivity contribution in [3.63, 3.8) is 0 Å². The molecular weight excluding hydrogens is 623 g/mol. The van der Waals surface area contributed by atoms with Crippen LogP contribution in [0.1, 0.15) is 50.7 Å². The second-order valence-corrected chi connectivity index (χ2v) is 13.6. The van der Waals surface area contributed by atoms with Crippen LogP contribution in [0.2, 0.25) is 0 Å². The number of ether oxygens (including phenoxy) is 1. The van der Waals surface area contributed by atoms with Gasteiger partial charge >= 0.3 is 6.01 Å². The first-order valence-electron chi connectivity index (χ1n) is 16.1. The van der Waals surface area contributed by atoms with Gasteiger partial charge in [-0.15, -0.1) is 6.42 Å². The highest BCUT2D eigenvalue weighted by molar-refractivity contribution is 5.92. The Bertz CT molecular complexity index is 1800. The lowest BCUT2D eigenvalue weighted by atomic mass is 9.88. The van der Waals surface area contributed by atoms with Crippen LogP contribution < -0.4 is 19.9 Å². The Labute approximate surface area is 278 Å². The fraction of sp³-hybridized carbons (Fsp3) is 0.486. The van der Waals surface area contributed by atoms with E-state index in [1.54, 1.807) is 6.92 Å². The summed E-state index contributed by atoms with van der Waals surface area (Å²) in [6.07, 6.45) is 10.2. The number of halogens is 3. The number of fused-ring (bicyclic) bond motifs is 2. The van der Waals surface area contributed by atoms with Gasteiger partial charge in [0.05, 0.1) is 34.3 Å². The van der Waals surface area contributed by atoms with E-state index in [0.29, 0.717) is 29.9 Å². The Morgan fingerprint density at radius 1 is 1.25 bits per heavy atom. The zero-order valence-corrected chi connectivity index (χ0v) is 27.4. The standard InChI is InChI=1S/C35H40F3N7O3/c1-6-24-26(37)12-11-21-14-35(4,47)19-45(30(21)24)32-28(38)29-25(16-39-32)31(44-13-9-8-10-23(18-44)40-27(46)7-2)42-33(41-29)48-20-34(3)15-22(36)17-43(34)5/h1,7,11-12,16,22-23,47H,2,8-10,13-15,17-20H2,3-5H3,(H,40,46)/t22-,23?,34+,35-/m1/s1. The average molecular weight is 664 g/mol. The molecule has 2 N–H and O–H groups in total. The van der Waals surface area contributed by atoms with Gasteiger partial charge in [0, 0.05) is 44.7 Å². The predicted octanol–water partition coefficient (Wildman–Crippen LogP) is 4.20. The molecule has 0 bridgehead atoms. The molecule has 6 rings (SSSR count). The quantitative estimate of drug-likeness (QED) is 0.284. The van der Waals surface area contributed by atoms with Gasteiger partial charge in [0.15, 0.2) is 11.6 Å². The average Bonchev–Trinajstić information content (AvgIpc) is 3.17. The number of benzene rings is 1. The van der Waals surface area contributed by atoms with Crippen molar-refractivity contribution in [3.05, 3.63) is 53.7 Å². The van der Waals surface area contributed by atoms with Crippen LogP contribution in [0.3, 0.4) is 0 Å². The zero-order valence-electron chi connectivity index (χ0n) is 27.4. The van der Waals surface area contributed by atoms with E-state index < -0.39 is 28.9 Å². The Hall–Kier alpha value is -4.41. The molecule has 5 heterocycles. The lowest BCUT2D eigenvalue weighted by molar-refractivity contribution is -0.117. The van der Waals surface area contributed by atoms with Gasteiger partial charge in [0.2, 0.25) is 5.91 Å². The predicted molar refractivity (Wildman–Crippen MR) is 177 cm³/mol. The number of terminal acetylenes is 1. The maximum atomic E-state index is 16.9. The van der Waals surface area contributed by atoms with E-state index >= 15 is 4.39 Å². The van der Waals surface area contributed by atoms with Crippen molar-refractivity contribution in [2.45, 2.75) is 69.3 Å². The van der Waals surface area contributed by atoms with Gasteiger partial charge in [-0.2, -0.15) is 9.97 Å². The van der Waals surface area contributed by atoms with Crippen LogP contribution in [0.4, 0.5) is 30.5 Å². The van der Waals surface area contributed by atoms with E-state index in [-0.39, 0.29) is 73.1 Å². The molecule has 3 aliphatic heterocycles. The number of aliphatic hydroxyl groups is 1. The fourth-order valence-corrected chi connectivity index (χ4v) is 7.09. The topological polar surface area (TPSA) is 107 Å². The molecule has 0 radical (unpaired) electrons. The number of alkyl halides is 1. The van der Waals surface area contributed by atoms with Gasteiger partial charge < -0.3 is 25.0 Å². The van der Waals surface area contributed by atoms with E-state index in [4.69, 9.17) is 16.1 Å². The zero-order chi connectivity index (χ0) is 34.4. The third-order valence-corrected chi connectivity index (χ3v) is 9.65. The van der Waals surface area contributed by atoms with Gasteiger partial charge in [-0.05, 0) is 57.9 Å². The number of β-amino-alcohol motifs (C(OH)–C–C–N with tert-alkyl or cyclic N) is 1. The van der Waals surface area contributed by atoms with Crippen molar-refractivity contribution in [2.24, 2.45) is 0 Å². The number of nitrogens with one attached hydrogen (secondary N) is 1. The van der Waals surface area contributed by atoms with Gasteiger partial charge in [0.1, 0.15) is 29.9 Å². The molecule has 4 atom stereocenters. The van der Waals surface area contributed by atoms with Crippen LogP contribution in [-0.2, 0) is 11.2 Å². The number of carbonyl (C=O) groups excluding carboxylic acids is 1. The summed E-state index contributed by atoms with van der Waals surface area (Å²) in [5.41, 5.74) is -1.30. The third-order valence-electron chi connectivity index (χ3n) is 9.65. The Morgan fingerprint density at radius 2 is 2.04 bits per heavy atom. The molecule has 1 aromatic carbocycles. The molecule has 13 heteroatoms. The molecule has 48 heavy (non-hydrogen) atoms. The lowest BCUT2D eigenvalue weighted by Crippen LogP contribution is -2.45. The molecule has 2 aromatic heterocycles. The summed E-state index contributed by atoms with van der Waals surface area (Å²) >= 11 is 0. The van der Waals surface area contributed by atoms with Gasteiger partial charge in [-0.25, -0.2) is 18.2 Å². The number of amides is 1. The Balaban J connectivity index is 1.48. The summed E-state index contributed by atoms with van der Waals surface area (Å²) in [5.74, 6) is 0.767. The van der Waals surface area contributed by atoms with E-state index in [1.807, 2.05) is 23.8 Å². The number of anilines is 3. The molecule has 2 saturated heterocycles. The number of likely N-dealkylation sites (tertiary alicyclic amines) is 1. The van der Waals surface area contributed by atoms with Crippen LogP contribution in [0.25, 0.3) is 10.9 Å². The van der Waals surface area contributed by atoms with Crippen LogP contribution >= 0.6 is 0 Å². The molecule has 254 valence electrons. The minimum Gasteiger partial charge on any atom is -0.461 e. The molecular formula is C35H40F3N7O3. The van der Waals surface area contributed by atoms with Crippen molar-refractivity contribution in [1.82, 2.24) is 25.2 Å². The second kappa shape index (κ2) is 12.9. The van der Waals surface area contributed by atoms with E-state index in [0.717, 1.165) is 19.3 Å².